The topological polar surface area (TPSA) is 72.1 Å². The Bertz CT molecular complexity index is 739. The first-order valence-corrected chi connectivity index (χ1v) is 7.11. The van der Waals surface area contributed by atoms with Gasteiger partial charge in [0.05, 0.1) is 18.7 Å². The van der Waals surface area contributed by atoms with E-state index in [4.69, 9.17) is 10.00 Å². The fourth-order valence-electron chi connectivity index (χ4n) is 1.88. The average Bonchev–Trinajstić information content (AvgIpc) is 2.68. The van der Waals surface area contributed by atoms with Crippen molar-refractivity contribution in [1.29, 1.82) is 5.26 Å². The lowest BCUT2D eigenvalue weighted by atomic mass is 10.2. The Balaban J connectivity index is 2.81. The van der Waals surface area contributed by atoms with Crippen LogP contribution >= 0.6 is 0 Å². The predicted octanol–water partition coefficient (Wildman–Crippen LogP) is 1.58. The van der Waals surface area contributed by atoms with Crippen molar-refractivity contribution >= 4 is 20.7 Å². The Morgan fingerprint density at radius 1 is 1.39 bits per heavy atom. The van der Waals surface area contributed by atoms with Crippen LogP contribution in [0.2, 0.25) is 0 Å². The van der Waals surface area contributed by atoms with Crippen molar-refractivity contribution in [2.24, 2.45) is 0 Å². The molecule has 0 saturated heterocycles. The first kappa shape index (κ1) is 12.5. The van der Waals surface area contributed by atoms with Crippen LogP contribution in [0.5, 0.6) is 5.75 Å². The Labute approximate surface area is 105 Å². The third-order valence-corrected chi connectivity index (χ3v) is 3.78. The molecule has 1 aromatic carbocycles. The number of fused-ring (bicyclic) bond motifs is 1. The maximum atomic E-state index is 11.7. The number of aromatic nitrogens is 1. The van der Waals surface area contributed by atoms with Gasteiger partial charge in [-0.25, -0.2) is 8.42 Å². The van der Waals surface area contributed by atoms with Crippen molar-refractivity contribution in [3.05, 3.63) is 24.3 Å². The molecule has 0 N–H and O–H groups in total. The normalized spacial score (nSPS) is 11.4. The molecule has 0 spiro atoms. The highest BCUT2D eigenvalue weighted by atomic mass is 32.2. The zero-order valence-corrected chi connectivity index (χ0v) is 10.9. The minimum Gasteiger partial charge on any atom is -0.497 e. The number of sulfone groups is 1. The van der Waals surface area contributed by atoms with E-state index in [1.807, 2.05) is 6.07 Å². The quantitative estimate of drug-likeness (QED) is 0.843. The van der Waals surface area contributed by atoms with E-state index >= 15 is 0 Å². The lowest BCUT2D eigenvalue weighted by molar-refractivity contribution is 0.415. The van der Waals surface area contributed by atoms with E-state index in [2.05, 4.69) is 0 Å². The van der Waals surface area contributed by atoms with Crippen molar-refractivity contribution in [2.75, 3.05) is 13.4 Å². The van der Waals surface area contributed by atoms with Crippen molar-refractivity contribution in [3.63, 3.8) is 0 Å². The smallest absolute Gasteiger partial charge is 0.191 e. The second-order valence-corrected chi connectivity index (χ2v) is 5.89. The van der Waals surface area contributed by atoms with Crippen LogP contribution in [0.4, 0.5) is 0 Å². The molecule has 0 atom stereocenters. The molecule has 0 aliphatic rings. The largest absolute Gasteiger partial charge is 0.497 e. The van der Waals surface area contributed by atoms with Crippen LogP contribution in [0.3, 0.4) is 0 Å². The highest BCUT2D eigenvalue weighted by Crippen LogP contribution is 2.26. The van der Waals surface area contributed by atoms with Crippen molar-refractivity contribution in [1.82, 2.24) is 4.57 Å². The summed E-state index contributed by atoms with van der Waals surface area (Å²) in [6, 6.07) is 8.79. The molecule has 1 aromatic heterocycles. The predicted molar refractivity (Wildman–Crippen MR) is 67.2 cm³/mol. The van der Waals surface area contributed by atoms with Crippen molar-refractivity contribution in [2.45, 2.75) is 11.6 Å². The zero-order chi connectivity index (χ0) is 13.3. The van der Waals surface area contributed by atoms with Gasteiger partial charge in [0.1, 0.15) is 17.3 Å². The third kappa shape index (κ3) is 2.05. The minimum absolute atomic E-state index is 0.0148. The summed E-state index contributed by atoms with van der Waals surface area (Å²) < 4.78 is 30.0. The Morgan fingerprint density at radius 2 is 2.11 bits per heavy atom. The summed E-state index contributed by atoms with van der Waals surface area (Å²) in [5, 5.41) is 9.73. The van der Waals surface area contributed by atoms with Gasteiger partial charge in [0.25, 0.3) is 0 Å². The summed E-state index contributed by atoms with van der Waals surface area (Å²) in [4.78, 5) is 0. The number of hydrogen-bond acceptors (Lipinski definition) is 4. The average molecular weight is 264 g/mol. The molecule has 94 valence electrons. The second-order valence-electron chi connectivity index (χ2n) is 3.92. The number of methoxy groups -OCH3 is 1. The molecule has 5 nitrogen and oxygen atoms in total. The fraction of sp³-hybridized carbons (Fsp3) is 0.250. The van der Waals surface area contributed by atoms with Gasteiger partial charge in [-0.15, -0.1) is 0 Å². The Hall–Kier alpha value is -2.00. The molecule has 0 aliphatic carbocycles. The zero-order valence-electron chi connectivity index (χ0n) is 10.0. The molecule has 0 unspecified atom stereocenters. The third-order valence-electron chi connectivity index (χ3n) is 2.68. The van der Waals surface area contributed by atoms with E-state index in [-0.39, 0.29) is 11.6 Å². The number of ether oxygens (including phenoxy) is 1. The van der Waals surface area contributed by atoms with Crippen LogP contribution in [0.15, 0.2) is 29.3 Å². The van der Waals surface area contributed by atoms with E-state index in [1.165, 1.54) is 11.7 Å². The van der Waals surface area contributed by atoms with Crippen LogP contribution in [0.25, 0.3) is 10.9 Å². The second kappa shape index (κ2) is 4.35. The van der Waals surface area contributed by atoms with Gasteiger partial charge >= 0.3 is 0 Å². The van der Waals surface area contributed by atoms with E-state index < -0.39 is 9.84 Å². The van der Waals surface area contributed by atoms with Gasteiger partial charge in [-0.2, -0.15) is 5.26 Å². The Kier molecular flexibility index (Phi) is 3.01. The summed E-state index contributed by atoms with van der Waals surface area (Å²) in [7, 11) is -1.83. The van der Waals surface area contributed by atoms with Crippen LogP contribution in [-0.4, -0.2) is 26.4 Å². The van der Waals surface area contributed by atoms with Gasteiger partial charge in [0.15, 0.2) is 9.84 Å². The summed E-state index contributed by atoms with van der Waals surface area (Å²) in [6.07, 6.45) is 1.13. The molecule has 2 aromatic rings. The lowest BCUT2D eigenvalue weighted by Gasteiger charge is -2.05. The molecule has 0 bridgehead atoms. The highest BCUT2D eigenvalue weighted by Gasteiger charge is 2.17. The molecule has 1 heterocycles. The molecular formula is C12H12N2O3S. The summed E-state index contributed by atoms with van der Waals surface area (Å²) >= 11 is 0. The van der Waals surface area contributed by atoms with Gasteiger partial charge in [-0.1, -0.05) is 0 Å². The number of benzene rings is 1. The van der Waals surface area contributed by atoms with Crippen molar-refractivity contribution in [3.8, 4) is 11.8 Å². The lowest BCUT2D eigenvalue weighted by Crippen LogP contribution is -2.07. The fourth-order valence-corrected chi connectivity index (χ4v) is 2.78. The number of nitrogens with zero attached hydrogens (tertiary/aromatic N) is 2. The maximum Gasteiger partial charge on any atom is 0.191 e. The molecule has 2 rings (SSSR count). The molecule has 0 fully saturated rings. The van der Waals surface area contributed by atoms with Crippen molar-refractivity contribution < 1.29 is 13.2 Å². The Morgan fingerprint density at radius 3 is 2.67 bits per heavy atom. The summed E-state index contributed by atoms with van der Waals surface area (Å²) in [6.45, 7) is -0.0148. The number of rotatable bonds is 3. The number of hydrogen-bond donors (Lipinski definition) is 0. The molecule has 18 heavy (non-hydrogen) atoms. The van der Waals surface area contributed by atoms with Crippen LogP contribution in [-0.2, 0) is 16.4 Å². The maximum absolute atomic E-state index is 11.7. The van der Waals surface area contributed by atoms with E-state index in [0.717, 1.165) is 11.6 Å². The molecule has 0 saturated carbocycles. The van der Waals surface area contributed by atoms with Gasteiger partial charge < -0.3 is 9.30 Å². The summed E-state index contributed by atoms with van der Waals surface area (Å²) in [5.74, 6) is 0.625. The minimum atomic E-state index is -3.37. The van der Waals surface area contributed by atoms with Crippen LogP contribution < -0.4 is 4.74 Å². The summed E-state index contributed by atoms with van der Waals surface area (Å²) in [5.41, 5.74) is 0.677. The number of nitriles is 1. The molecular weight excluding hydrogens is 252 g/mol. The first-order chi connectivity index (χ1) is 8.47. The van der Waals surface area contributed by atoms with Gasteiger partial charge in [0.2, 0.25) is 0 Å². The van der Waals surface area contributed by atoms with E-state index in [1.54, 1.807) is 24.3 Å². The van der Waals surface area contributed by atoms with Gasteiger partial charge in [0, 0.05) is 17.7 Å². The van der Waals surface area contributed by atoms with E-state index in [0.29, 0.717) is 11.3 Å². The van der Waals surface area contributed by atoms with E-state index in [9.17, 15) is 8.42 Å². The molecule has 6 heteroatoms. The molecule has 0 radical (unpaired) electrons. The van der Waals surface area contributed by atoms with Gasteiger partial charge in [-0.3, -0.25) is 0 Å². The van der Waals surface area contributed by atoms with Gasteiger partial charge in [-0.05, 0) is 18.2 Å². The SMILES string of the molecule is COc1ccc2cc(S(C)(=O)=O)n(CC#N)c2c1. The molecule has 0 aliphatic heterocycles. The van der Waals surface area contributed by atoms with Crippen LogP contribution in [0, 0.1) is 11.3 Å². The van der Waals surface area contributed by atoms with Crippen LogP contribution in [0.1, 0.15) is 0 Å². The monoisotopic (exact) mass is 264 g/mol. The standard InChI is InChI=1S/C12H12N2O3S/c1-17-10-4-3-9-7-12(18(2,15)16)14(6-5-13)11(9)8-10/h3-4,7-8H,6H2,1-2H3. The highest BCUT2D eigenvalue weighted by molar-refractivity contribution is 7.90. The molecule has 0 amide bonds. The first-order valence-electron chi connectivity index (χ1n) is 5.21.